The number of carbonyl (C=O) groups is 2. The molecule has 0 radical (unpaired) electrons. The van der Waals surface area contributed by atoms with Gasteiger partial charge in [-0.25, -0.2) is 9.88 Å². The van der Waals surface area contributed by atoms with Crippen LogP contribution in [0.15, 0.2) is 79.0 Å². The molecule has 0 aliphatic carbocycles. The molecule has 0 saturated carbocycles. The number of benzene rings is 2. The van der Waals surface area contributed by atoms with Crippen LogP contribution < -0.4 is 10.6 Å². The lowest BCUT2D eigenvalue weighted by Crippen LogP contribution is -2.65. The van der Waals surface area contributed by atoms with Crippen molar-refractivity contribution in [2.75, 3.05) is 13.1 Å². The van der Waals surface area contributed by atoms with Crippen LogP contribution in [-0.4, -0.2) is 46.9 Å². The van der Waals surface area contributed by atoms with Crippen LogP contribution in [0.4, 0.5) is 0 Å². The van der Waals surface area contributed by atoms with Gasteiger partial charge in [0.25, 0.3) is 0 Å². The van der Waals surface area contributed by atoms with Gasteiger partial charge in [0, 0.05) is 37.0 Å². The summed E-state index contributed by atoms with van der Waals surface area (Å²) in [6.45, 7) is 0.990. The molecule has 8 nitrogen and oxygen atoms in total. The van der Waals surface area contributed by atoms with E-state index < -0.39 is 17.8 Å². The van der Waals surface area contributed by atoms with E-state index in [4.69, 9.17) is 10.00 Å². The van der Waals surface area contributed by atoms with Gasteiger partial charge in [0.15, 0.2) is 0 Å². The number of carbonyl (C=O) groups excluding carboxylic acids is 2. The first-order chi connectivity index (χ1) is 16.6. The van der Waals surface area contributed by atoms with Crippen LogP contribution in [0, 0.1) is 11.3 Å². The van der Waals surface area contributed by atoms with Crippen LogP contribution in [0.3, 0.4) is 0 Å². The van der Waals surface area contributed by atoms with Crippen LogP contribution in [-0.2, 0) is 26.6 Å². The van der Waals surface area contributed by atoms with Crippen molar-refractivity contribution in [3.05, 3.63) is 101 Å². The lowest BCUT2D eigenvalue weighted by atomic mass is 9.90. The highest BCUT2D eigenvalue weighted by atomic mass is 16.6. The molecule has 0 spiro atoms. The molecule has 1 aromatic heterocycles. The summed E-state index contributed by atoms with van der Waals surface area (Å²) in [5.41, 5.74) is 1.40. The number of nitrogens with zero attached hydrogens (tertiary/aromatic N) is 3. The van der Waals surface area contributed by atoms with E-state index >= 15 is 0 Å². The molecule has 1 amide bonds. The Kier molecular flexibility index (Phi) is 5.80. The molecule has 2 N–H and O–H groups in total. The number of aromatic nitrogens is 1. The molecule has 5 rings (SSSR count). The van der Waals surface area contributed by atoms with Gasteiger partial charge in [-0.15, -0.1) is 0 Å². The van der Waals surface area contributed by atoms with Gasteiger partial charge in [0.1, 0.15) is 23.8 Å². The van der Waals surface area contributed by atoms with E-state index in [-0.39, 0.29) is 24.1 Å². The Hall–Kier alpha value is -4.06. The van der Waals surface area contributed by atoms with Crippen LogP contribution in [0.1, 0.15) is 22.4 Å². The highest BCUT2D eigenvalue weighted by Crippen LogP contribution is 2.45. The zero-order valence-electron chi connectivity index (χ0n) is 18.3. The first-order valence-electron chi connectivity index (χ1n) is 11.1. The van der Waals surface area contributed by atoms with Crippen molar-refractivity contribution in [1.29, 1.82) is 5.26 Å². The highest BCUT2D eigenvalue weighted by Gasteiger charge is 2.60. The second kappa shape index (κ2) is 9.06. The number of hydrogen-bond acceptors (Lipinski definition) is 7. The minimum Gasteiger partial charge on any atom is -0.434 e. The third-order valence-electron chi connectivity index (χ3n) is 6.27. The lowest BCUT2D eigenvalue weighted by Gasteiger charge is -2.44. The number of nitriles is 1. The maximum Gasteiger partial charge on any atom is 0.327 e. The number of pyridine rings is 1. The molecular weight excluding hydrogens is 430 g/mol. The van der Waals surface area contributed by atoms with Crippen LogP contribution in [0.25, 0.3) is 0 Å². The Morgan fingerprint density at radius 3 is 2.44 bits per heavy atom. The van der Waals surface area contributed by atoms with Gasteiger partial charge < -0.3 is 15.4 Å². The summed E-state index contributed by atoms with van der Waals surface area (Å²) in [7, 11) is 0. The lowest BCUT2D eigenvalue weighted by molar-refractivity contribution is -0.153. The summed E-state index contributed by atoms with van der Waals surface area (Å²) < 4.78 is 6.16. The summed E-state index contributed by atoms with van der Waals surface area (Å²) in [6, 6.07) is 23.2. The quantitative estimate of drug-likeness (QED) is 0.566. The number of nitrogens with one attached hydrogen (secondary N) is 2. The van der Waals surface area contributed by atoms with Gasteiger partial charge in [-0.2, -0.15) is 5.26 Å². The van der Waals surface area contributed by atoms with Crippen molar-refractivity contribution < 1.29 is 14.3 Å². The molecule has 2 aliphatic heterocycles. The van der Waals surface area contributed by atoms with Gasteiger partial charge in [-0.3, -0.25) is 9.59 Å². The van der Waals surface area contributed by atoms with E-state index in [0.717, 1.165) is 16.7 Å². The van der Waals surface area contributed by atoms with Crippen LogP contribution in [0.5, 0.6) is 0 Å². The van der Waals surface area contributed by atoms with Gasteiger partial charge in [0.05, 0.1) is 0 Å². The zero-order chi connectivity index (χ0) is 23.5. The largest absolute Gasteiger partial charge is 0.434 e. The Balaban J connectivity index is 1.52. The smallest absolute Gasteiger partial charge is 0.327 e. The molecule has 3 heterocycles. The number of fused-ring (bicyclic) bond motifs is 1. The van der Waals surface area contributed by atoms with Gasteiger partial charge in [0.2, 0.25) is 11.6 Å². The van der Waals surface area contributed by atoms with Crippen molar-refractivity contribution in [1.82, 2.24) is 20.5 Å². The molecule has 2 unspecified atom stereocenters. The van der Waals surface area contributed by atoms with Crippen LogP contribution in [0.2, 0.25) is 0 Å². The highest BCUT2D eigenvalue weighted by molar-refractivity contribution is 5.86. The fourth-order valence-electron chi connectivity index (χ4n) is 4.75. The summed E-state index contributed by atoms with van der Waals surface area (Å²) >= 11 is 0. The Morgan fingerprint density at radius 1 is 1.12 bits per heavy atom. The monoisotopic (exact) mass is 453 g/mol. The second-order valence-electron chi connectivity index (χ2n) is 8.27. The van der Waals surface area contributed by atoms with Crippen molar-refractivity contribution in [2.24, 2.45) is 0 Å². The number of rotatable bonds is 5. The summed E-state index contributed by atoms with van der Waals surface area (Å²) in [5.74, 6) is -0.604. The molecule has 2 atom stereocenters. The molecule has 2 fully saturated rings. The number of amides is 1. The first kappa shape index (κ1) is 21.8. The van der Waals surface area contributed by atoms with Crippen molar-refractivity contribution in [3.8, 4) is 6.07 Å². The Labute approximate surface area is 197 Å². The van der Waals surface area contributed by atoms with Crippen molar-refractivity contribution in [2.45, 2.75) is 24.4 Å². The van der Waals surface area contributed by atoms with Gasteiger partial charge in [-0.1, -0.05) is 60.7 Å². The standard InChI is InChI=1S/C26H23N5O3/c27-14-21-13-18(11-12-29-21)15-30-24(32)22-16-28-17-23-25(33)34-26(31(22)23,19-7-3-1-4-8-19)20-9-5-2-6-10-20/h1-13,22-23,28H,15-17H2,(H,30,32). The number of cyclic esters (lactones) is 1. The number of piperazine rings is 1. The summed E-state index contributed by atoms with van der Waals surface area (Å²) in [4.78, 5) is 32.5. The van der Waals surface area contributed by atoms with E-state index in [2.05, 4.69) is 15.6 Å². The van der Waals surface area contributed by atoms with Crippen LogP contribution >= 0.6 is 0 Å². The zero-order valence-corrected chi connectivity index (χ0v) is 18.3. The maximum absolute atomic E-state index is 13.5. The first-order valence-corrected chi connectivity index (χ1v) is 11.1. The molecule has 3 aromatic rings. The average Bonchev–Trinajstić information content (AvgIpc) is 3.22. The third kappa shape index (κ3) is 3.71. The molecule has 2 aliphatic rings. The van der Waals surface area contributed by atoms with E-state index in [0.29, 0.717) is 13.1 Å². The fourth-order valence-corrected chi connectivity index (χ4v) is 4.75. The minimum atomic E-state index is -1.22. The molecule has 0 bridgehead atoms. The summed E-state index contributed by atoms with van der Waals surface area (Å²) in [6.07, 6.45) is 1.54. The van der Waals surface area contributed by atoms with E-state index in [9.17, 15) is 9.59 Å². The molecule has 170 valence electrons. The SMILES string of the molecule is N#Cc1cc(CNC(=O)C2CNCC3C(=O)OC(c4ccccc4)(c4ccccc4)N23)ccn1. The average molecular weight is 454 g/mol. The van der Waals surface area contributed by atoms with Crippen molar-refractivity contribution >= 4 is 11.9 Å². The Bertz CT molecular complexity index is 1200. The topological polar surface area (TPSA) is 107 Å². The molecule has 2 aromatic carbocycles. The maximum atomic E-state index is 13.5. The van der Waals surface area contributed by atoms with Gasteiger partial charge in [-0.05, 0) is 17.7 Å². The molecule has 8 heteroatoms. The predicted octanol–water partition coefficient (Wildman–Crippen LogP) is 1.67. The van der Waals surface area contributed by atoms with Gasteiger partial charge >= 0.3 is 5.97 Å². The normalized spacial score (nSPS) is 21.2. The fraction of sp³-hybridized carbons (Fsp3) is 0.231. The molecule has 2 saturated heterocycles. The van der Waals surface area contributed by atoms with Crippen molar-refractivity contribution in [3.63, 3.8) is 0 Å². The number of ether oxygens (including phenoxy) is 1. The van der Waals surface area contributed by atoms with E-state index in [1.165, 1.54) is 0 Å². The third-order valence-corrected chi connectivity index (χ3v) is 6.27. The predicted molar refractivity (Wildman–Crippen MR) is 123 cm³/mol. The summed E-state index contributed by atoms with van der Waals surface area (Å²) in [5, 5.41) is 15.3. The second-order valence-corrected chi connectivity index (χ2v) is 8.27. The molecule has 34 heavy (non-hydrogen) atoms. The van der Waals surface area contributed by atoms with E-state index in [1.807, 2.05) is 71.6 Å². The number of esters is 1. The number of hydrogen-bond donors (Lipinski definition) is 2. The van der Waals surface area contributed by atoms with E-state index in [1.54, 1.807) is 18.3 Å². The Morgan fingerprint density at radius 2 is 1.79 bits per heavy atom. The molecular formula is C26H23N5O3. The minimum absolute atomic E-state index is 0.234.